The van der Waals surface area contributed by atoms with Crippen LogP contribution < -0.4 is 96.5 Å². The summed E-state index contributed by atoms with van der Waals surface area (Å²) < 4.78 is 50.9. The molecule has 174 valence electrons. The molecule has 33 heavy (non-hydrogen) atoms. The van der Waals surface area contributed by atoms with Gasteiger partial charge in [0.1, 0.15) is 30.2 Å². The summed E-state index contributed by atoms with van der Waals surface area (Å²) in [6, 6.07) is 0. The van der Waals surface area contributed by atoms with E-state index in [1.54, 1.807) is 0 Å². The number of aliphatic hydroxyl groups excluding tert-OH is 2. The van der Waals surface area contributed by atoms with Gasteiger partial charge in [-0.25, -0.2) is 28.1 Å². The van der Waals surface area contributed by atoms with Crippen molar-refractivity contribution < 1.29 is 142 Å². The second-order valence-electron chi connectivity index (χ2n) is 5.97. The quantitative estimate of drug-likeness (QED) is 0.146. The van der Waals surface area contributed by atoms with Crippen molar-refractivity contribution in [1.29, 1.82) is 0 Å². The Bertz CT molecular complexity index is 1120. The first kappa shape index (κ1) is 32.3. The molecule has 1 aliphatic heterocycles. The number of hydrogen-bond acceptors (Lipinski definition) is 15. The molecule has 2 unspecified atom stereocenters. The van der Waals surface area contributed by atoms with E-state index in [9.17, 15) is 33.7 Å². The number of phosphoric ester groups is 1. The smallest absolute Gasteiger partial charge is 0.756 e. The fourth-order valence-electron chi connectivity index (χ4n) is 2.61. The van der Waals surface area contributed by atoms with Gasteiger partial charge in [-0.05, 0) is 0 Å². The zero-order chi connectivity index (χ0) is 23.2. The first-order valence-corrected chi connectivity index (χ1v) is 12.3. The molecule has 0 spiro atoms. The van der Waals surface area contributed by atoms with E-state index in [1.165, 1.54) is 10.9 Å². The summed E-state index contributed by atoms with van der Waals surface area (Å²) in [6.07, 6.45) is -3.89. The van der Waals surface area contributed by atoms with Crippen LogP contribution in [0.3, 0.4) is 0 Å². The van der Waals surface area contributed by atoms with Gasteiger partial charge in [0, 0.05) is 0 Å². The maximum atomic E-state index is 11.6. The van der Waals surface area contributed by atoms with Crippen LogP contribution in [0.15, 0.2) is 12.7 Å². The Kier molecular flexibility index (Phi) is 12.0. The van der Waals surface area contributed by atoms with Crippen molar-refractivity contribution in [3.8, 4) is 0 Å². The molecule has 0 bridgehead atoms. The molecule has 6 atom stereocenters. The normalized spacial score (nSPS) is 26.7. The van der Waals surface area contributed by atoms with Crippen LogP contribution in [0.4, 0.5) is 5.82 Å². The molecule has 2 aromatic heterocycles. The van der Waals surface area contributed by atoms with Crippen LogP contribution in [0.2, 0.25) is 0 Å². The molecule has 3 heterocycles. The van der Waals surface area contributed by atoms with E-state index in [1.807, 2.05) is 0 Å². The maximum absolute atomic E-state index is 11.6. The van der Waals surface area contributed by atoms with Gasteiger partial charge in [-0.15, -0.1) is 0 Å². The Balaban J connectivity index is 0.00000272. The Morgan fingerprint density at radius 3 is 2.33 bits per heavy atom. The number of ether oxygens (including phenoxy) is 1. The van der Waals surface area contributed by atoms with E-state index in [0.717, 1.165) is 6.33 Å². The summed E-state index contributed by atoms with van der Waals surface area (Å²) in [5, 5.41) is 20.4. The summed E-state index contributed by atoms with van der Waals surface area (Å²) in [6.45, 7) is -1.05. The van der Waals surface area contributed by atoms with Gasteiger partial charge in [0.25, 0.3) is 15.6 Å². The predicted octanol–water partition coefficient (Wildman–Crippen LogP) is -8.89. The Labute approximate surface area is 249 Å². The van der Waals surface area contributed by atoms with Gasteiger partial charge in [-0.1, -0.05) is 0 Å². The summed E-state index contributed by atoms with van der Waals surface area (Å²) >= 11 is 0. The van der Waals surface area contributed by atoms with Crippen LogP contribution in [0.1, 0.15) is 6.23 Å². The minimum atomic E-state index is -6.01. The largest absolute Gasteiger partial charge is 1.00 e. The molecule has 0 aromatic carbocycles. The number of imidazole rings is 1. The van der Waals surface area contributed by atoms with Crippen molar-refractivity contribution in [2.45, 2.75) is 24.5 Å². The summed E-state index contributed by atoms with van der Waals surface area (Å²) in [7, 11) is -17.4. The first-order valence-electron chi connectivity index (χ1n) is 7.88. The standard InChI is InChI=1S/C10H16N5O13P3.K.Na/c11-8-5-9(13-2-12-8)15(3-14-5)10-7(17)6(16)4(26-10)1-25-30(21,22)28-31(23,24)27-29(18,19)20;;/h2-4,6-7,10,16-17H,1H2,(H,21,22)(H,23,24)(H2,11,12,13)(H2,18,19,20);;/q;2*+1/p-2/t4-,6-,7-,10-;;/m1../s1. The number of rotatable bonds is 8. The minimum absolute atomic E-state index is 0. The van der Waals surface area contributed by atoms with E-state index in [4.69, 9.17) is 20.3 Å². The van der Waals surface area contributed by atoms with Crippen LogP contribution >= 0.6 is 23.5 Å². The van der Waals surface area contributed by atoms with Crippen molar-refractivity contribution in [2.75, 3.05) is 12.3 Å². The number of aliphatic hydroxyl groups is 2. The molecule has 18 nitrogen and oxygen atoms in total. The third kappa shape index (κ3) is 8.39. The number of anilines is 1. The molecular weight excluding hydrogens is 553 g/mol. The maximum Gasteiger partial charge on any atom is 1.00 e. The number of nitrogens with zero attached hydrogens (tertiary/aromatic N) is 4. The van der Waals surface area contributed by atoms with Crippen LogP contribution in [0.25, 0.3) is 11.2 Å². The third-order valence-corrected chi connectivity index (χ3v) is 7.52. The Morgan fingerprint density at radius 2 is 1.73 bits per heavy atom. The van der Waals surface area contributed by atoms with E-state index >= 15 is 0 Å². The molecule has 2 aromatic rings. The second-order valence-corrected chi connectivity index (χ2v) is 10.3. The number of aromatic nitrogens is 4. The molecule has 1 aliphatic rings. The number of hydrogen-bond donors (Lipinski definition) is 5. The molecule has 23 heteroatoms. The Morgan fingerprint density at radius 1 is 1.09 bits per heavy atom. The Hall–Kier alpha value is 1.28. The molecule has 0 saturated carbocycles. The summed E-state index contributed by atoms with van der Waals surface area (Å²) in [5.74, 6) is 0.0284. The van der Waals surface area contributed by atoms with Gasteiger partial charge >= 0.3 is 88.8 Å². The number of nitrogens with two attached hydrogens (primary N) is 1. The van der Waals surface area contributed by atoms with Crippen LogP contribution in [-0.4, -0.2) is 64.4 Å². The van der Waals surface area contributed by atoms with Gasteiger partial charge in [0.2, 0.25) is 0 Å². The number of fused-ring (bicyclic) bond motifs is 1. The van der Waals surface area contributed by atoms with Crippen molar-refractivity contribution in [3.05, 3.63) is 12.7 Å². The molecule has 0 radical (unpaired) electrons. The monoisotopic (exact) mass is 567 g/mol. The molecule has 6 N–H and O–H groups in total. The number of phosphoric acid groups is 3. The molecule has 0 amide bonds. The van der Waals surface area contributed by atoms with Crippen LogP contribution in [0.5, 0.6) is 0 Å². The zero-order valence-electron chi connectivity index (χ0n) is 16.8. The zero-order valence-corrected chi connectivity index (χ0v) is 24.6. The van der Waals surface area contributed by atoms with Crippen molar-refractivity contribution in [2.24, 2.45) is 0 Å². The molecular formula is C10H14KN5NaO13P3. The topological polar surface area (TPSA) is 285 Å². The van der Waals surface area contributed by atoms with Crippen LogP contribution in [-0.2, 0) is 31.6 Å². The average molecular weight is 567 g/mol. The SMILES string of the molecule is Nc1ncnc2c1ncn2[C@@H]1O[C@H](COP(=O)([O-])OP(=O)([O-])OP(=O)(O)O)[C@@H](O)[C@H]1O.[K+].[Na+]. The van der Waals surface area contributed by atoms with Gasteiger partial charge < -0.3 is 44.8 Å². The van der Waals surface area contributed by atoms with E-state index in [0.29, 0.717) is 0 Å². The van der Waals surface area contributed by atoms with Crippen molar-refractivity contribution >= 4 is 40.4 Å². The third-order valence-electron chi connectivity index (χ3n) is 3.80. The van der Waals surface area contributed by atoms with Crippen molar-refractivity contribution in [3.63, 3.8) is 0 Å². The van der Waals surface area contributed by atoms with E-state index in [2.05, 4.69) is 28.1 Å². The average Bonchev–Trinajstić information content (AvgIpc) is 3.13. The fourth-order valence-corrected chi connectivity index (χ4v) is 5.54. The molecule has 3 rings (SSSR count). The van der Waals surface area contributed by atoms with E-state index in [-0.39, 0.29) is 97.9 Å². The molecule has 1 fully saturated rings. The fraction of sp³-hybridized carbons (Fsp3) is 0.500. The van der Waals surface area contributed by atoms with Crippen molar-refractivity contribution in [1.82, 2.24) is 19.5 Å². The summed E-state index contributed by atoms with van der Waals surface area (Å²) in [5.41, 5.74) is 5.95. The van der Waals surface area contributed by atoms with Gasteiger partial charge in [0.05, 0.1) is 12.9 Å². The molecule has 0 aliphatic carbocycles. The van der Waals surface area contributed by atoms with E-state index < -0.39 is 54.6 Å². The number of nitrogen functional groups attached to an aromatic ring is 1. The molecule has 1 saturated heterocycles. The first-order chi connectivity index (χ1) is 14.2. The van der Waals surface area contributed by atoms with Gasteiger partial charge in [0.15, 0.2) is 17.7 Å². The van der Waals surface area contributed by atoms with Gasteiger partial charge in [-0.3, -0.25) is 13.7 Å². The van der Waals surface area contributed by atoms with Gasteiger partial charge in [-0.2, -0.15) is 0 Å². The minimum Gasteiger partial charge on any atom is -0.756 e. The van der Waals surface area contributed by atoms with Crippen LogP contribution in [0, 0.1) is 0 Å². The predicted molar refractivity (Wildman–Crippen MR) is 91.0 cm³/mol. The summed E-state index contributed by atoms with van der Waals surface area (Å²) in [4.78, 5) is 51.3. The second kappa shape index (κ2) is 12.2.